The number of aromatic nitrogens is 18. The first kappa shape index (κ1) is 93.9. The maximum Gasteiger partial charge on any atom is 0.472 e. The fraction of sp³-hybridized carbons (Fsp3) is 0.500. The number of fused-ring (bicyclic) bond motifs is 3. The summed E-state index contributed by atoms with van der Waals surface area (Å²) in [5, 5.41) is 23.9. The van der Waals surface area contributed by atoms with Gasteiger partial charge in [0.2, 0.25) is 23.8 Å². The van der Waals surface area contributed by atoms with Gasteiger partial charge in [-0.3, -0.25) is 102 Å². The highest BCUT2D eigenvalue weighted by Crippen LogP contribution is 2.59. The van der Waals surface area contributed by atoms with Crippen molar-refractivity contribution in [2.75, 3.05) is 73.6 Å². The summed E-state index contributed by atoms with van der Waals surface area (Å²) in [6.45, 7) is -2.52. The molecular weight excluding hydrogens is 1850 g/mol. The maximum atomic E-state index is 16.2. The number of imidazole rings is 3. The molecule has 131 heavy (non-hydrogen) atoms. The van der Waals surface area contributed by atoms with Gasteiger partial charge in [0.1, 0.15) is 122 Å². The Labute approximate surface area is 731 Å². The van der Waals surface area contributed by atoms with Crippen molar-refractivity contribution in [3.63, 3.8) is 0 Å². The van der Waals surface area contributed by atoms with Gasteiger partial charge in [0.25, 0.3) is 16.7 Å². The van der Waals surface area contributed by atoms with Gasteiger partial charge >= 0.3 is 56.0 Å². The topological polar surface area (TPSA) is 809 Å². The van der Waals surface area contributed by atoms with Crippen LogP contribution in [0.25, 0.3) is 33.5 Å². The number of carbonyl (C=O) groups is 1. The molecule has 63 heteroatoms. The predicted molar refractivity (Wildman–Crippen MR) is 441 cm³/mol. The van der Waals surface area contributed by atoms with Crippen molar-refractivity contribution in [1.29, 1.82) is 0 Å². The molecule has 1 aromatic carbocycles. The Kier molecular flexibility index (Phi) is 27.2. The third-order valence-electron chi connectivity index (χ3n) is 21.4. The highest BCUT2D eigenvalue weighted by molar-refractivity contribution is 7.53. The lowest BCUT2D eigenvalue weighted by Crippen LogP contribution is -2.32. The number of carbonyl (C=O) groups excluding carboxylic acids is 1. The van der Waals surface area contributed by atoms with Gasteiger partial charge in [-0.25, -0.2) is 47.6 Å². The molecule has 6 unspecified atom stereocenters. The van der Waals surface area contributed by atoms with Crippen molar-refractivity contribution in [2.45, 2.75) is 169 Å². The first-order chi connectivity index (χ1) is 62.2. The van der Waals surface area contributed by atoms with Crippen molar-refractivity contribution in [2.24, 2.45) is 5.92 Å². The molecule has 23 atom stereocenters. The number of nitrogens with two attached hydrogens (primary N) is 5. The van der Waals surface area contributed by atoms with Crippen LogP contribution in [0.15, 0.2) is 115 Å². The number of nitrogens with one attached hydrogen (secondary N) is 4. The highest BCUT2D eigenvalue weighted by Gasteiger charge is 2.52. The monoisotopic (exact) mass is 1940 g/mol. The van der Waals surface area contributed by atoms with E-state index in [9.17, 15) is 81.6 Å². The molecule has 15 heterocycles. The zero-order valence-corrected chi connectivity index (χ0v) is 72.7. The highest BCUT2D eigenvalue weighted by atomic mass is 31.2. The molecule has 58 nitrogen and oxygen atoms in total. The molecular formula is C68H85N24O34P5. The number of rotatable bonds is 36. The molecule has 0 radical (unpaired) electrons. The average molecular weight is 1940 g/mol. The molecule has 6 saturated heterocycles. The SMILES string of the molecule is CC(C)C(=O)Nc1ccn([C@H]2C[C@H](OP(=O)(Cc3ccccc3)OC[C@H]3O[C@@H](n4cnc5c(=O)[nH]c(N)nc54)C[C@@H]3OP(=O)(O)OC[C@H]3O[C@@H](n4ccc(N)nc4=O)C[C@@H]3OP(=O)(O)OC[C@H]3O[C@@H](n4cnc5c(=O)[nH]c(N)nc54)CC3O)[C@@H](COP(=O)(O)O[C@H]3C[C@H](n4ccc(N)nc4=O)O[C@@H]3COP(=O)(O)O[C@H]3C[C@H](n4cnc5c(=O)[nH]c(N)nc54)O[C@@H]3CO)O2)c(=O)n1. The Morgan fingerprint density at radius 2 is 0.771 bits per heavy atom. The number of hydrogen-bond acceptors (Lipinski definition) is 44. The van der Waals surface area contributed by atoms with Gasteiger partial charge in [-0.05, 0) is 23.8 Å². The van der Waals surface area contributed by atoms with E-state index >= 15 is 4.57 Å². The van der Waals surface area contributed by atoms with Gasteiger partial charge in [-0.15, -0.1) is 0 Å². The Hall–Kier alpha value is -10.3. The van der Waals surface area contributed by atoms with Gasteiger partial charge < -0.3 is 101 Å². The van der Waals surface area contributed by atoms with Gasteiger partial charge in [0.05, 0.1) is 70.9 Å². The Bertz CT molecular complexity index is 6580. The van der Waals surface area contributed by atoms with Crippen molar-refractivity contribution in [3.8, 4) is 0 Å². The van der Waals surface area contributed by atoms with Crippen molar-refractivity contribution in [1.82, 2.24) is 87.2 Å². The molecule has 0 spiro atoms. The first-order valence-corrected chi connectivity index (χ1v) is 47.5. The lowest BCUT2D eigenvalue weighted by atomic mass is 10.2. The minimum absolute atomic E-state index is 0.00496. The van der Waals surface area contributed by atoms with Crippen LogP contribution in [0, 0.1) is 5.92 Å². The summed E-state index contributed by atoms with van der Waals surface area (Å²) in [4.78, 5) is 181. The van der Waals surface area contributed by atoms with Crippen LogP contribution in [-0.2, 0) is 107 Å². The van der Waals surface area contributed by atoms with E-state index < -0.39 is 267 Å². The fourth-order valence-corrected chi connectivity index (χ4v) is 21.0. The third kappa shape index (κ3) is 21.5. The molecule has 6 aliphatic heterocycles. The number of nitrogens with zero attached hydrogens (tertiary/aromatic N) is 15. The molecule has 10 aromatic rings. The van der Waals surface area contributed by atoms with E-state index in [-0.39, 0.29) is 87.2 Å². The molecule has 0 saturated carbocycles. The van der Waals surface area contributed by atoms with E-state index in [2.05, 4.69) is 65.1 Å². The molecule has 0 bridgehead atoms. The zero-order chi connectivity index (χ0) is 93.1. The number of H-pyrrole nitrogens is 3. The lowest BCUT2D eigenvalue weighted by Gasteiger charge is -2.28. The molecule has 0 aliphatic carbocycles. The zero-order valence-electron chi connectivity index (χ0n) is 68.2. The number of hydrogen-bond donors (Lipinski definition) is 15. The van der Waals surface area contributed by atoms with Crippen molar-refractivity contribution in [3.05, 3.63) is 154 Å². The summed E-state index contributed by atoms with van der Waals surface area (Å²) < 4.78 is 174. The van der Waals surface area contributed by atoms with Crippen LogP contribution in [0.5, 0.6) is 0 Å². The number of phosphoric ester groups is 4. The van der Waals surface area contributed by atoms with E-state index in [1.165, 1.54) is 75.3 Å². The largest absolute Gasteiger partial charge is 0.472 e. The number of phosphoric acid groups is 4. The van der Waals surface area contributed by atoms with Crippen molar-refractivity contribution >= 4 is 114 Å². The van der Waals surface area contributed by atoms with Gasteiger partial charge in [-0.1, -0.05) is 44.2 Å². The number of nitrogen functional groups attached to an aromatic ring is 5. The predicted octanol–water partition coefficient (Wildman–Crippen LogP) is -0.456. The summed E-state index contributed by atoms with van der Waals surface area (Å²) in [6.07, 6.45) is -23.1. The van der Waals surface area contributed by atoms with Gasteiger partial charge in [0.15, 0.2) is 33.5 Å². The minimum atomic E-state index is -5.62. The average Bonchev–Trinajstić information content (AvgIpc) is 1.62. The van der Waals surface area contributed by atoms with Gasteiger partial charge in [0, 0.05) is 63.0 Å². The molecule has 9 aromatic heterocycles. The van der Waals surface area contributed by atoms with Crippen LogP contribution in [0.2, 0.25) is 0 Å². The molecule has 16 rings (SSSR count). The number of anilines is 6. The van der Waals surface area contributed by atoms with E-state index in [1.807, 2.05) is 0 Å². The van der Waals surface area contributed by atoms with Crippen LogP contribution < -0.4 is 67.7 Å². The second kappa shape index (κ2) is 38.0. The van der Waals surface area contributed by atoms with E-state index in [0.29, 0.717) is 0 Å². The summed E-state index contributed by atoms with van der Waals surface area (Å²) >= 11 is 0. The quantitative estimate of drug-likeness (QED) is 0.0221. The minimum Gasteiger partial charge on any atom is -0.394 e. The second-order valence-electron chi connectivity index (χ2n) is 30.8. The number of aliphatic hydroxyl groups excluding tert-OH is 2. The van der Waals surface area contributed by atoms with E-state index in [1.54, 1.807) is 32.0 Å². The molecule has 1 amide bonds. The lowest BCUT2D eigenvalue weighted by molar-refractivity contribution is -0.118. The van der Waals surface area contributed by atoms with Gasteiger partial charge in [-0.2, -0.15) is 29.9 Å². The van der Waals surface area contributed by atoms with Crippen LogP contribution >= 0.6 is 38.9 Å². The molecule has 6 aliphatic rings. The number of ether oxygens (including phenoxy) is 6. The standard InChI is InChI=1S/C68H85N24O34P5/c1-30(2)59(95)79-46-10-13-89(68(101)80-46)48-16-34(41(118-48)23-113-130(107,108)125-36-18-50(88-12-9-45(70)78-67(88)100)119-42(36)24-114-129(105,106)123-33-15-51(116-38(33)20-93)91-28-75-54-57(91)82-64(72)85-61(54)97)122-127(102,26-31-6-4-3-5-7-31)111-22-40-37(19-52(121-40)92-29-76-55-58(92)83-65(73)86-62(55)98)126-131(109,110)115-25-43-35(17-49(120-43)87-11-8-44(69)77-66(87)99)124-128(103,104)112-21-39-32(94)14-47(117-39)90-27-74-53-56(90)81-63(71)84-60(53)96/h3-13,27-30,32-43,47-52,93-94H,14-26H2,1-2H3,(H,103,104)(H,105,106)(H,107,108)(H,109,110)(H2,69,77,99)(H2,70,78,100)(H3,71,81,84,96)(H3,72,82,85,97)(H3,73,83,86,98)(H,79,80,95,101)/t32?,33-,34-,35-,36-,37-,38+,39+,40+,41+,42+,43+,47+,48+,49+,50+,51+,52+,127?/m0/s1. The molecule has 706 valence electrons. The molecule has 6 fully saturated rings. The second-order valence-corrected chi connectivity index (χ2v) is 38.5. The Balaban J connectivity index is 0.642. The van der Waals surface area contributed by atoms with Crippen LogP contribution in [-0.4, -0.2) is 236 Å². The summed E-state index contributed by atoms with van der Waals surface area (Å²) in [6, 6.07) is 11.5. The number of benzene rings is 1. The van der Waals surface area contributed by atoms with Crippen LogP contribution in [0.3, 0.4) is 0 Å². The summed E-state index contributed by atoms with van der Waals surface area (Å²) in [7, 11) is -26.9. The van der Waals surface area contributed by atoms with Crippen LogP contribution in [0.1, 0.15) is 95.3 Å². The molecule has 20 N–H and O–H groups in total. The normalized spacial score (nSPS) is 28.1. The summed E-state index contributed by atoms with van der Waals surface area (Å²) in [5.74, 6) is -2.57. The number of amides is 1. The first-order valence-electron chi connectivity index (χ1n) is 39.7. The Morgan fingerprint density at radius 3 is 1.15 bits per heavy atom. The maximum absolute atomic E-state index is 16.2. The van der Waals surface area contributed by atoms with E-state index in [4.69, 9.17) is 102 Å². The van der Waals surface area contributed by atoms with Crippen LogP contribution in [0.4, 0.5) is 35.3 Å². The number of aromatic amines is 3. The fourth-order valence-electron chi connectivity index (χ4n) is 15.2. The van der Waals surface area contributed by atoms with Crippen molar-refractivity contribution < 1.29 is 131 Å². The summed E-state index contributed by atoms with van der Waals surface area (Å²) in [5.41, 5.74) is 23.5. The van der Waals surface area contributed by atoms with E-state index in [0.717, 1.165) is 20.0 Å². The smallest absolute Gasteiger partial charge is 0.394 e. The Morgan fingerprint density at radius 1 is 0.443 bits per heavy atom. The number of aliphatic hydroxyl groups is 2. The third-order valence-corrected chi connectivity index (χ3v) is 27.4.